The van der Waals surface area contributed by atoms with E-state index < -0.39 is 16.4 Å². The molecule has 3 heteroatoms. The van der Waals surface area contributed by atoms with Crippen molar-refractivity contribution >= 4 is 10.8 Å². The molecular formula is C15H26O2S. The van der Waals surface area contributed by atoms with Crippen LogP contribution in [0.1, 0.15) is 64.2 Å². The SMILES string of the molecule is C=CCCCCCC1(O)CC2CCCC(C1)S2=O. The van der Waals surface area contributed by atoms with Crippen LogP contribution < -0.4 is 0 Å². The molecule has 2 nitrogen and oxygen atoms in total. The fourth-order valence-corrected chi connectivity index (χ4v) is 5.79. The first kappa shape index (κ1) is 14.3. The van der Waals surface area contributed by atoms with Gasteiger partial charge in [0.25, 0.3) is 0 Å². The van der Waals surface area contributed by atoms with E-state index in [-0.39, 0.29) is 10.5 Å². The maximum atomic E-state index is 12.1. The zero-order valence-electron chi connectivity index (χ0n) is 11.3. The average Bonchev–Trinajstić information content (AvgIpc) is 2.31. The summed E-state index contributed by atoms with van der Waals surface area (Å²) in [7, 11) is -0.666. The Morgan fingerprint density at radius 2 is 1.89 bits per heavy atom. The monoisotopic (exact) mass is 270 g/mol. The predicted octanol–water partition coefficient (Wildman–Crippen LogP) is 3.32. The molecule has 2 fully saturated rings. The van der Waals surface area contributed by atoms with Crippen molar-refractivity contribution < 1.29 is 9.32 Å². The zero-order valence-corrected chi connectivity index (χ0v) is 12.1. The highest BCUT2D eigenvalue weighted by atomic mass is 32.2. The minimum absolute atomic E-state index is 0.274. The topological polar surface area (TPSA) is 37.3 Å². The summed E-state index contributed by atoms with van der Waals surface area (Å²) >= 11 is 0. The van der Waals surface area contributed by atoms with Gasteiger partial charge in [-0.15, -0.1) is 6.58 Å². The molecule has 2 aliphatic rings. The van der Waals surface area contributed by atoms with Crippen LogP contribution in [0.15, 0.2) is 12.7 Å². The molecule has 0 saturated carbocycles. The number of fused-ring (bicyclic) bond motifs is 2. The third-order valence-corrected chi connectivity index (χ3v) is 6.59. The number of hydrogen-bond acceptors (Lipinski definition) is 2. The molecule has 2 rings (SSSR count). The highest BCUT2D eigenvalue weighted by Gasteiger charge is 2.44. The standard InChI is InChI=1S/C15H26O2S/c1-2-3-4-5-6-10-15(16)11-13-8-7-9-14(12-15)18(13)17/h2,13-14,16H,1,3-12H2. The van der Waals surface area contributed by atoms with E-state index in [1.54, 1.807) is 0 Å². The van der Waals surface area contributed by atoms with E-state index in [2.05, 4.69) is 6.58 Å². The number of unbranched alkanes of at least 4 members (excludes halogenated alkanes) is 3. The lowest BCUT2D eigenvalue weighted by Gasteiger charge is -2.43. The van der Waals surface area contributed by atoms with Gasteiger partial charge in [0.15, 0.2) is 0 Å². The Morgan fingerprint density at radius 1 is 1.22 bits per heavy atom. The first-order chi connectivity index (χ1) is 8.64. The lowest BCUT2D eigenvalue weighted by molar-refractivity contribution is 0.000920. The molecule has 0 aromatic heterocycles. The highest BCUT2D eigenvalue weighted by molar-refractivity contribution is 7.86. The van der Waals surface area contributed by atoms with Crippen LogP contribution in [0.4, 0.5) is 0 Å². The lowest BCUT2D eigenvalue weighted by atomic mass is 9.82. The van der Waals surface area contributed by atoms with Gasteiger partial charge in [0.05, 0.1) is 5.60 Å². The zero-order chi connectivity index (χ0) is 13.0. The number of aliphatic hydroxyl groups is 1. The number of hydrogen-bond donors (Lipinski definition) is 1. The summed E-state index contributed by atoms with van der Waals surface area (Å²) < 4.78 is 12.1. The van der Waals surface area contributed by atoms with Crippen molar-refractivity contribution in [3.05, 3.63) is 12.7 Å². The van der Waals surface area contributed by atoms with Crippen LogP contribution in [0.2, 0.25) is 0 Å². The van der Waals surface area contributed by atoms with Crippen LogP contribution in [0.25, 0.3) is 0 Å². The second-order valence-corrected chi connectivity index (χ2v) is 8.01. The minimum atomic E-state index is -0.666. The molecule has 2 aliphatic heterocycles. The third kappa shape index (κ3) is 3.45. The van der Waals surface area contributed by atoms with E-state index in [9.17, 15) is 9.32 Å². The normalized spacial score (nSPS) is 39.5. The summed E-state index contributed by atoms with van der Waals surface area (Å²) in [5.41, 5.74) is -0.516. The van der Waals surface area contributed by atoms with Gasteiger partial charge in [-0.1, -0.05) is 25.3 Å². The van der Waals surface area contributed by atoms with Crippen molar-refractivity contribution in [2.24, 2.45) is 0 Å². The van der Waals surface area contributed by atoms with E-state index in [4.69, 9.17) is 0 Å². The third-order valence-electron chi connectivity index (χ3n) is 4.47. The molecule has 2 bridgehead atoms. The summed E-state index contributed by atoms with van der Waals surface area (Å²) in [5, 5.41) is 11.2. The van der Waals surface area contributed by atoms with Crippen LogP contribution in [0.3, 0.4) is 0 Å². The van der Waals surface area contributed by atoms with Gasteiger partial charge in [0.1, 0.15) is 0 Å². The summed E-state index contributed by atoms with van der Waals surface area (Å²) in [6.45, 7) is 3.73. The first-order valence-electron chi connectivity index (χ1n) is 7.37. The van der Waals surface area contributed by atoms with Crippen LogP contribution in [-0.2, 0) is 10.8 Å². The van der Waals surface area contributed by atoms with Gasteiger partial charge in [0, 0.05) is 21.3 Å². The van der Waals surface area contributed by atoms with E-state index in [0.29, 0.717) is 0 Å². The summed E-state index contributed by atoms with van der Waals surface area (Å²) in [5.74, 6) is 0. The molecule has 2 unspecified atom stereocenters. The molecule has 0 aliphatic carbocycles. The molecule has 0 aromatic carbocycles. The second-order valence-electron chi connectivity index (χ2n) is 6.02. The quantitative estimate of drug-likeness (QED) is 0.594. The molecule has 2 atom stereocenters. The Labute approximate surface area is 113 Å². The fourth-order valence-electron chi connectivity index (χ4n) is 3.50. The minimum Gasteiger partial charge on any atom is -0.390 e. The molecule has 0 radical (unpaired) electrons. The Hall–Kier alpha value is -0.150. The average molecular weight is 270 g/mol. The molecule has 0 spiro atoms. The number of rotatable bonds is 6. The van der Waals surface area contributed by atoms with E-state index in [1.165, 1.54) is 19.3 Å². The van der Waals surface area contributed by atoms with E-state index in [1.807, 2.05) is 6.08 Å². The van der Waals surface area contributed by atoms with Gasteiger partial charge in [-0.3, -0.25) is 4.21 Å². The fraction of sp³-hybridized carbons (Fsp3) is 0.867. The van der Waals surface area contributed by atoms with Gasteiger partial charge < -0.3 is 5.11 Å². The molecule has 1 N–H and O–H groups in total. The Balaban J connectivity index is 1.80. The maximum Gasteiger partial charge on any atom is 0.0670 e. The Kier molecular flexibility index (Phi) is 5.02. The molecule has 0 amide bonds. The van der Waals surface area contributed by atoms with Gasteiger partial charge in [0.2, 0.25) is 0 Å². The van der Waals surface area contributed by atoms with Gasteiger partial charge in [-0.25, -0.2) is 0 Å². The van der Waals surface area contributed by atoms with E-state index in [0.717, 1.165) is 44.9 Å². The Morgan fingerprint density at radius 3 is 2.50 bits per heavy atom. The van der Waals surface area contributed by atoms with Crippen LogP contribution in [-0.4, -0.2) is 25.4 Å². The molecule has 2 heterocycles. The summed E-state index contributed by atoms with van der Waals surface area (Å²) in [4.78, 5) is 0. The van der Waals surface area contributed by atoms with Crippen molar-refractivity contribution in [2.45, 2.75) is 80.3 Å². The largest absolute Gasteiger partial charge is 0.390 e. The first-order valence-corrected chi connectivity index (χ1v) is 8.65. The van der Waals surface area contributed by atoms with Gasteiger partial charge >= 0.3 is 0 Å². The summed E-state index contributed by atoms with van der Waals surface area (Å²) in [6.07, 6.45) is 12.3. The highest BCUT2D eigenvalue weighted by Crippen LogP contribution is 2.41. The van der Waals surface area contributed by atoms with E-state index >= 15 is 0 Å². The smallest absolute Gasteiger partial charge is 0.0670 e. The van der Waals surface area contributed by atoms with Crippen molar-refractivity contribution in [3.8, 4) is 0 Å². The van der Waals surface area contributed by atoms with Crippen LogP contribution in [0.5, 0.6) is 0 Å². The molecular weight excluding hydrogens is 244 g/mol. The Bertz CT molecular complexity index is 298. The predicted molar refractivity (Wildman–Crippen MR) is 77.0 cm³/mol. The van der Waals surface area contributed by atoms with Gasteiger partial charge in [-0.05, 0) is 44.9 Å². The van der Waals surface area contributed by atoms with Crippen molar-refractivity contribution in [3.63, 3.8) is 0 Å². The number of allylic oxidation sites excluding steroid dienone is 1. The molecule has 0 aromatic rings. The van der Waals surface area contributed by atoms with Crippen LogP contribution >= 0.6 is 0 Å². The van der Waals surface area contributed by atoms with Crippen LogP contribution in [0, 0.1) is 0 Å². The summed E-state index contributed by atoms with van der Waals surface area (Å²) in [6, 6.07) is 0. The molecule has 104 valence electrons. The molecule has 2 saturated heterocycles. The van der Waals surface area contributed by atoms with Crippen molar-refractivity contribution in [2.75, 3.05) is 0 Å². The second kappa shape index (κ2) is 6.33. The lowest BCUT2D eigenvalue weighted by Crippen LogP contribution is -2.48. The maximum absolute atomic E-state index is 12.1. The molecule has 18 heavy (non-hydrogen) atoms. The van der Waals surface area contributed by atoms with Crippen molar-refractivity contribution in [1.82, 2.24) is 0 Å². The van der Waals surface area contributed by atoms with Gasteiger partial charge in [-0.2, -0.15) is 0 Å². The van der Waals surface area contributed by atoms with Crippen molar-refractivity contribution in [1.29, 1.82) is 0 Å².